The van der Waals surface area contributed by atoms with Gasteiger partial charge in [-0.3, -0.25) is 0 Å². The average molecular weight is 239 g/mol. The maximum absolute atomic E-state index is 5.93. The molecule has 0 aliphatic rings. The Labute approximate surface area is 100.0 Å². The van der Waals surface area contributed by atoms with Crippen molar-refractivity contribution >= 4 is 21.7 Å². The summed E-state index contributed by atoms with van der Waals surface area (Å²) in [6.45, 7) is 10.9. The minimum atomic E-state index is -0.740. The van der Waals surface area contributed by atoms with Crippen LogP contribution in [-0.4, -0.2) is 9.04 Å². The van der Waals surface area contributed by atoms with E-state index in [9.17, 15) is 0 Å². The quantitative estimate of drug-likeness (QED) is 0.608. The Morgan fingerprint density at radius 1 is 1.20 bits per heavy atom. The van der Waals surface area contributed by atoms with Crippen molar-refractivity contribution in [3.8, 4) is 5.75 Å². The van der Waals surface area contributed by atoms with Crippen molar-refractivity contribution in [1.29, 1.82) is 0 Å². The van der Waals surface area contributed by atoms with Gasteiger partial charge in [0.25, 0.3) is 9.04 Å². The molecule has 0 N–H and O–H groups in total. The number of rotatable bonds is 2. The Kier molecular flexibility index (Phi) is 3.90. The van der Waals surface area contributed by atoms with Crippen LogP contribution in [0.4, 0.5) is 0 Å². The first-order chi connectivity index (χ1) is 6.82. The summed E-state index contributed by atoms with van der Waals surface area (Å²) in [6.07, 6.45) is 0. The van der Waals surface area contributed by atoms with E-state index in [1.165, 1.54) is 5.56 Å². The Bertz CT molecular complexity index is 342. The molecule has 0 saturated heterocycles. The Morgan fingerprint density at radius 2 is 1.80 bits per heavy atom. The molecule has 0 fully saturated rings. The summed E-state index contributed by atoms with van der Waals surface area (Å²) >= 11 is 4.47. The molecule has 1 aromatic rings. The highest BCUT2D eigenvalue weighted by atomic mass is 32.1. The number of hydrogen-bond acceptors (Lipinski definition) is 2. The number of hydrogen-bond donors (Lipinski definition) is 1. The Morgan fingerprint density at radius 3 is 2.27 bits per heavy atom. The molecule has 1 aromatic carbocycles. The first-order valence-electron chi connectivity index (χ1n) is 5.13. The van der Waals surface area contributed by atoms with Gasteiger partial charge in [-0.15, -0.1) is 12.6 Å². The second-order valence-corrected chi connectivity index (χ2v) is 7.42. The minimum absolute atomic E-state index is 0.103. The van der Waals surface area contributed by atoms with Gasteiger partial charge in [0, 0.05) is 4.90 Å². The maximum atomic E-state index is 5.93. The third-order valence-electron chi connectivity index (χ3n) is 2.11. The van der Waals surface area contributed by atoms with E-state index in [1.807, 2.05) is 12.1 Å². The highest BCUT2D eigenvalue weighted by Crippen LogP contribution is 2.35. The molecule has 0 unspecified atom stereocenters. The molecule has 0 aliphatic heterocycles. The van der Waals surface area contributed by atoms with Crippen LogP contribution in [0, 0.1) is 0 Å². The lowest BCUT2D eigenvalue weighted by molar-refractivity contribution is 0.510. The van der Waals surface area contributed by atoms with Crippen LogP contribution in [0.1, 0.15) is 26.3 Å². The van der Waals surface area contributed by atoms with Crippen LogP contribution in [0.3, 0.4) is 0 Å². The molecular weight excluding hydrogens is 220 g/mol. The lowest BCUT2D eigenvalue weighted by Crippen LogP contribution is -2.18. The van der Waals surface area contributed by atoms with Crippen molar-refractivity contribution in [2.45, 2.75) is 44.2 Å². The molecule has 0 atom stereocenters. The maximum Gasteiger partial charge on any atom is 0.274 e. The lowest BCUT2D eigenvalue weighted by atomic mass is 9.86. The van der Waals surface area contributed by atoms with E-state index in [1.54, 1.807) is 0 Å². The van der Waals surface area contributed by atoms with Gasteiger partial charge in [-0.25, -0.2) is 0 Å². The van der Waals surface area contributed by atoms with Crippen molar-refractivity contribution < 1.29 is 4.43 Å². The van der Waals surface area contributed by atoms with Gasteiger partial charge in [-0.05, 0) is 30.1 Å². The van der Waals surface area contributed by atoms with E-state index in [4.69, 9.17) is 4.43 Å². The molecule has 15 heavy (non-hydrogen) atoms. The second kappa shape index (κ2) is 4.62. The summed E-state index contributed by atoms with van der Waals surface area (Å²) in [5.74, 6) is 0.965. The van der Waals surface area contributed by atoms with Crippen LogP contribution < -0.4 is 4.43 Å². The van der Waals surface area contributed by atoms with E-state index in [0.29, 0.717) is 0 Å². The van der Waals surface area contributed by atoms with Gasteiger partial charge in [0.2, 0.25) is 0 Å². The summed E-state index contributed by atoms with van der Waals surface area (Å²) in [4.78, 5) is 0.939. The highest BCUT2D eigenvalue weighted by molar-refractivity contribution is 7.80. The van der Waals surface area contributed by atoms with E-state index in [-0.39, 0.29) is 5.41 Å². The molecule has 0 aliphatic carbocycles. The van der Waals surface area contributed by atoms with E-state index >= 15 is 0 Å². The molecule has 1 rings (SSSR count). The predicted octanol–water partition coefficient (Wildman–Crippen LogP) is 3.90. The molecular formula is C12H19OSSi. The zero-order valence-corrected chi connectivity index (χ0v) is 12.0. The topological polar surface area (TPSA) is 9.23 Å². The largest absolute Gasteiger partial charge is 0.542 e. The van der Waals surface area contributed by atoms with Crippen molar-refractivity contribution in [2.24, 2.45) is 0 Å². The summed E-state index contributed by atoms with van der Waals surface area (Å²) < 4.78 is 5.93. The predicted molar refractivity (Wildman–Crippen MR) is 70.5 cm³/mol. The van der Waals surface area contributed by atoms with Gasteiger partial charge in [-0.2, -0.15) is 0 Å². The second-order valence-electron chi connectivity index (χ2n) is 4.91. The van der Waals surface area contributed by atoms with Crippen LogP contribution >= 0.6 is 12.6 Å². The third kappa shape index (κ3) is 3.28. The zero-order valence-electron chi connectivity index (χ0n) is 10.1. The van der Waals surface area contributed by atoms with Crippen LogP contribution in [0.25, 0.3) is 0 Å². The van der Waals surface area contributed by atoms with E-state index in [0.717, 1.165) is 10.6 Å². The Hall–Kier alpha value is -0.413. The first kappa shape index (κ1) is 12.7. The van der Waals surface area contributed by atoms with Crippen molar-refractivity contribution in [3.05, 3.63) is 23.8 Å². The molecule has 0 spiro atoms. The number of para-hydroxylation sites is 1. The molecule has 0 saturated carbocycles. The SMILES string of the molecule is C[Si](C)Oc1c(S)cccc1C(C)(C)C. The van der Waals surface area contributed by atoms with Crippen molar-refractivity contribution in [3.63, 3.8) is 0 Å². The molecule has 0 heterocycles. The standard InChI is InChI=1S/C12H19OSSi/c1-12(2,3)9-7-6-8-10(14)11(9)13-15(4)5/h6-8,14H,1-5H3. The molecule has 0 aromatic heterocycles. The number of thiol groups is 1. The highest BCUT2D eigenvalue weighted by Gasteiger charge is 2.20. The first-order valence-corrected chi connectivity index (χ1v) is 7.98. The summed E-state index contributed by atoms with van der Waals surface area (Å²) in [6, 6.07) is 6.14. The van der Waals surface area contributed by atoms with Crippen molar-refractivity contribution in [2.75, 3.05) is 0 Å². The van der Waals surface area contributed by atoms with Crippen LogP contribution in [-0.2, 0) is 5.41 Å². The van der Waals surface area contributed by atoms with Gasteiger partial charge in [0.05, 0.1) is 0 Å². The summed E-state index contributed by atoms with van der Waals surface area (Å²) in [5, 5.41) is 0. The monoisotopic (exact) mass is 239 g/mol. The van der Waals surface area contributed by atoms with Crippen LogP contribution in [0.2, 0.25) is 13.1 Å². The van der Waals surface area contributed by atoms with E-state index in [2.05, 4.69) is 52.6 Å². The average Bonchev–Trinajstić information content (AvgIpc) is 2.05. The van der Waals surface area contributed by atoms with Gasteiger partial charge in [0.1, 0.15) is 5.75 Å². The molecule has 83 valence electrons. The fourth-order valence-corrected chi connectivity index (χ4v) is 2.39. The zero-order chi connectivity index (χ0) is 11.6. The van der Waals surface area contributed by atoms with E-state index < -0.39 is 9.04 Å². The Balaban J connectivity index is 3.21. The fraction of sp³-hybridized carbons (Fsp3) is 0.500. The summed E-state index contributed by atoms with van der Waals surface area (Å²) in [5.41, 5.74) is 1.34. The van der Waals surface area contributed by atoms with Crippen LogP contribution in [0.15, 0.2) is 23.1 Å². The minimum Gasteiger partial charge on any atom is -0.542 e. The summed E-state index contributed by atoms with van der Waals surface area (Å²) in [7, 11) is -0.740. The van der Waals surface area contributed by atoms with Gasteiger partial charge < -0.3 is 4.43 Å². The number of benzene rings is 1. The molecule has 1 nitrogen and oxygen atoms in total. The fourth-order valence-electron chi connectivity index (χ4n) is 1.43. The van der Waals surface area contributed by atoms with Gasteiger partial charge in [-0.1, -0.05) is 32.9 Å². The van der Waals surface area contributed by atoms with Gasteiger partial charge >= 0.3 is 0 Å². The van der Waals surface area contributed by atoms with Crippen molar-refractivity contribution in [1.82, 2.24) is 0 Å². The normalized spacial score (nSPS) is 11.9. The van der Waals surface area contributed by atoms with Crippen LogP contribution in [0.5, 0.6) is 5.75 Å². The van der Waals surface area contributed by atoms with Gasteiger partial charge in [0.15, 0.2) is 0 Å². The smallest absolute Gasteiger partial charge is 0.274 e. The molecule has 1 radical (unpaired) electrons. The lowest BCUT2D eigenvalue weighted by Gasteiger charge is -2.25. The third-order valence-corrected chi connectivity index (χ3v) is 3.07. The molecule has 0 amide bonds. The molecule has 0 bridgehead atoms. The molecule has 3 heteroatoms.